The Labute approximate surface area is 122 Å². The van der Waals surface area contributed by atoms with Crippen LogP contribution < -0.4 is 16.0 Å². The van der Waals surface area contributed by atoms with Crippen molar-refractivity contribution in [2.45, 2.75) is 38.1 Å². The van der Waals surface area contributed by atoms with Crippen molar-refractivity contribution in [1.29, 1.82) is 5.26 Å². The summed E-state index contributed by atoms with van der Waals surface area (Å²) < 4.78 is 0. The molecule has 3 rings (SSSR count). The average molecular weight is 290 g/mol. The van der Waals surface area contributed by atoms with Crippen molar-refractivity contribution in [2.24, 2.45) is 0 Å². The number of hydrogen-bond donors (Lipinski definition) is 2. The molecule has 0 bridgehead atoms. The van der Waals surface area contributed by atoms with Gasteiger partial charge in [-0.05, 0) is 25.2 Å². The van der Waals surface area contributed by atoms with Crippen molar-refractivity contribution in [2.75, 3.05) is 23.7 Å². The first kappa shape index (κ1) is 13.3. The number of nitriles is 1. The second kappa shape index (κ2) is 4.98. The third-order valence-electron chi connectivity index (χ3n) is 3.93. The van der Waals surface area contributed by atoms with Crippen molar-refractivity contribution in [3.63, 3.8) is 0 Å². The molecule has 1 aliphatic heterocycles. The molecule has 1 aromatic heterocycles. The predicted octanol–water partition coefficient (Wildman–Crippen LogP) is 1.79. The summed E-state index contributed by atoms with van der Waals surface area (Å²) in [6, 6.07) is 2.40. The van der Waals surface area contributed by atoms with E-state index in [0.717, 1.165) is 24.5 Å². The molecule has 1 unspecified atom stereocenters. The molecule has 1 saturated carbocycles. The van der Waals surface area contributed by atoms with Gasteiger partial charge in [-0.1, -0.05) is 0 Å². The highest BCUT2D eigenvalue weighted by molar-refractivity contribution is 7.17. The van der Waals surface area contributed by atoms with E-state index in [0.29, 0.717) is 16.5 Å². The van der Waals surface area contributed by atoms with Gasteiger partial charge in [0.1, 0.15) is 10.9 Å². The Bertz CT molecular complexity index is 585. The van der Waals surface area contributed by atoms with Gasteiger partial charge in [0.15, 0.2) is 0 Å². The largest absolute Gasteiger partial charge is 0.397 e. The van der Waals surface area contributed by atoms with Gasteiger partial charge in [0.05, 0.1) is 10.7 Å². The van der Waals surface area contributed by atoms with Crippen molar-refractivity contribution in [3.8, 4) is 6.07 Å². The number of nitrogens with one attached hydrogen (secondary N) is 1. The summed E-state index contributed by atoms with van der Waals surface area (Å²) in [5, 5.41) is 13.3. The Morgan fingerprint density at radius 2 is 2.25 bits per heavy atom. The first-order chi connectivity index (χ1) is 9.60. The number of carbonyl (C=O) groups excluding carboxylic acids is 1. The summed E-state index contributed by atoms with van der Waals surface area (Å²) in [6.07, 6.45) is 3.28. The molecule has 2 heterocycles. The molecular formula is C14H18N4OS. The Balaban J connectivity index is 1.84. The van der Waals surface area contributed by atoms with Crippen LogP contribution in [0.3, 0.4) is 0 Å². The number of anilines is 2. The summed E-state index contributed by atoms with van der Waals surface area (Å²) in [6.45, 7) is 3.27. The van der Waals surface area contributed by atoms with Crippen LogP contribution in [0.2, 0.25) is 0 Å². The highest BCUT2D eigenvalue weighted by atomic mass is 32.1. The lowest BCUT2D eigenvalue weighted by molar-refractivity contribution is -0.119. The molecule has 0 spiro atoms. The quantitative estimate of drug-likeness (QED) is 0.889. The lowest BCUT2D eigenvalue weighted by atomic mass is 10.1. The fraction of sp³-hybridized carbons (Fsp3) is 0.571. The number of amides is 1. The molecule has 2 fully saturated rings. The van der Waals surface area contributed by atoms with E-state index < -0.39 is 0 Å². The second-order valence-corrected chi connectivity index (χ2v) is 6.58. The van der Waals surface area contributed by atoms with Gasteiger partial charge in [-0.2, -0.15) is 5.26 Å². The van der Waals surface area contributed by atoms with Crippen LogP contribution in [0, 0.1) is 11.3 Å². The van der Waals surface area contributed by atoms with E-state index in [4.69, 9.17) is 5.73 Å². The molecule has 1 saturated heterocycles. The van der Waals surface area contributed by atoms with Crippen LogP contribution in [0.5, 0.6) is 0 Å². The molecule has 1 amide bonds. The van der Waals surface area contributed by atoms with E-state index in [9.17, 15) is 10.1 Å². The van der Waals surface area contributed by atoms with Crippen LogP contribution in [0.25, 0.3) is 0 Å². The third-order valence-corrected chi connectivity index (χ3v) is 5.12. The molecule has 106 valence electrons. The first-order valence-electron chi connectivity index (χ1n) is 6.94. The molecule has 5 nitrogen and oxygen atoms in total. The molecular weight excluding hydrogens is 272 g/mol. The van der Waals surface area contributed by atoms with E-state index in [2.05, 4.69) is 16.3 Å². The number of nitrogen functional groups attached to an aromatic ring is 1. The molecule has 1 aromatic rings. The molecule has 3 N–H and O–H groups in total. The second-order valence-electron chi connectivity index (χ2n) is 5.58. The number of nitrogens with zero attached hydrogens (tertiary/aromatic N) is 2. The maximum atomic E-state index is 11.1. The predicted molar refractivity (Wildman–Crippen MR) is 79.9 cm³/mol. The maximum Gasteiger partial charge on any atom is 0.217 e. The minimum absolute atomic E-state index is 0.0164. The zero-order chi connectivity index (χ0) is 14.3. The van der Waals surface area contributed by atoms with Gasteiger partial charge in [0, 0.05) is 31.6 Å². The van der Waals surface area contributed by atoms with Gasteiger partial charge in [0.2, 0.25) is 5.91 Å². The van der Waals surface area contributed by atoms with Crippen molar-refractivity contribution >= 4 is 27.9 Å². The van der Waals surface area contributed by atoms with Gasteiger partial charge >= 0.3 is 0 Å². The summed E-state index contributed by atoms with van der Waals surface area (Å²) in [5.74, 6) is 0.547. The summed E-state index contributed by atoms with van der Waals surface area (Å²) in [4.78, 5) is 14.0. The van der Waals surface area contributed by atoms with Gasteiger partial charge in [-0.3, -0.25) is 4.79 Å². The SMILES string of the molecule is CC(=O)NC1CCN(c2sc(C#N)c(N)c2C2CC2)C1. The van der Waals surface area contributed by atoms with Crippen LogP contribution in [-0.2, 0) is 4.79 Å². The highest BCUT2D eigenvalue weighted by Gasteiger charge is 2.35. The van der Waals surface area contributed by atoms with E-state index in [1.54, 1.807) is 6.92 Å². The normalized spacial score (nSPS) is 21.8. The van der Waals surface area contributed by atoms with Gasteiger partial charge in [-0.25, -0.2) is 0 Å². The molecule has 1 atom stereocenters. The summed E-state index contributed by atoms with van der Waals surface area (Å²) in [5.41, 5.74) is 7.98. The first-order valence-corrected chi connectivity index (χ1v) is 7.76. The number of thiophene rings is 1. The van der Waals surface area contributed by atoms with Crippen LogP contribution in [0.1, 0.15) is 42.5 Å². The summed E-state index contributed by atoms with van der Waals surface area (Å²) >= 11 is 1.50. The molecule has 1 aliphatic carbocycles. The smallest absolute Gasteiger partial charge is 0.217 e. The lowest BCUT2D eigenvalue weighted by Gasteiger charge is -2.19. The minimum atomic E-state index is 0.0164. The van der Waals surface area contributed by atoms with Crippen molar-refractivity contribution in [3.05, 3.63) is 10.4 Å². The fourth-order valence-electron chi connectivity index (χ4n) is 2.88. The Kier molecular flexibility index (Phi) is 3.30. The standard InChI is InChI=1S/C14H18N4OS/c1-8(19)17-10-4-5-18(7-10)14-12(9-2-3-9)13(16)11(6-15)20-14/h9-10H,2-5,7,16H2,1H3,(H,17,19). The number of rotatable bonds is 3. The van der Waals surface area contributed by atoms with Gasteiger partial charge in [-0.15, -0.1) is 11.3 Å². The Morgan fingerprint density at radius 3 is 2.85 bits per heavy atom. The van der Waals surface area contributed by atoms with Crippen molar-refractivity contribution < 1.29 is 4.79 Å². The van der Waals surface area contributed by atoms with Crippen LogP contribution in [-0.4, -0.2) is 25.0 Å². The Morgan fingerprint density at radius 1 is 1.50 bits per heavy atom. The number of hydrogen-bond acceptors (Lipinski definition) is 5. The van der Waals surface area contributed by atoms with Crippen molar-refractivity contribution in [1.82, 2.24) is 5.32 Å². The van der Waals surface area contributed by atoms with Crippen LogP contribution in [0.4, 0.5) is 10.7 Å². The molecule has 0 aromatic carbocycles. The van der Waals surface area contributed by atoms with E-state index in [1.165, 1.54) is 29.7 Å². The van der Waals surface area contributed by atoms with E-state index >= 15 is 0 Å². The van der Waals surface area contributed by atoms with Gasteiger partial charge in [0.25, 0.3) is 0 Å². The maximum absolute atomic E-state index is 11.1. The van der Waals surface area contributed by atoms with Gasteiger partial charge < -0.3 is 16.0 Å². The third kappa shape index (κ3) is 2.34. The molecule has 2 aliphatic rings. The lowest BCUT2D eigenvalue weighted by Crippen LogP contribution is -2.35. The Hall–Kier alpha value is -1.74. The highest BCUT2D eigenvalue weighted by Crippen LogP contribution is 2.52. The molecule has 6 heteroatoms. The van der Waals surface area contributed by atoms with Crippen LogP contribution in [0.15, 0.2) is 0 Å². The zero-order valence-corrected chi connectivity index (χ0v) is 12.3. The minimum Gasteiger partial charge on any atom is -0.397 e. The molecule has 0 radical (unpaired) electrons. The number of nitrogens with two attached hydrogens (primary N) is 1. The zero-order valence-electron chi connectivity index (χ0n) is 11.5. The monoisotopic (exact) mass is 290 g/mol. The number of carbonyl (C=O) groups is 1. The average Bonchev–Trinajstić information content (AvgIpc) is 3.03. The van der Waals surface area contributed by atoms with E-state index in [-0.39, 0.29) is 11.9 Å². The summed E-state index contributed by atoms with van der Waals surface area (Å²) in [7, 11) is 0. The van der Waals surface area contributed by atoms with E-state index in [1.807, 2.05) is 0 Å². The topological polar surface area (TPSA) is 82.2 Å². The fourth-order valence-corrected chi connectivity index (χ4v) is 4.02. The molecule has 20 heavy (non-hydrogen) atoms. The van der Waals surface area contributed by atoms with Crippen LogP contribution >= 0.6 is 11.3 Å².